The van der Waals surface area contributed by atoms with Gasteiger partial charge in [0.2, 0.25) is 0 Å². The molecular formula is C24H50N2. The van der Waals surface area contributed by atoms with Gasteiger partial charge in [-0.3, -0.25) is 5.41 Å². The van der Waals surface area contributed by atoms with Gasteiger partial charge in [-0.15, -0.1) is 0 Å². The van der Waals surface area contributed by atoms with Gasteiger partial charge < -0.3 is 5.73 Å². The normalized spacial score (nSPS) is 11.1. The van der Waals surface area contributed by atoms with Crippen LogP contribution in [0.3, 0.4) is 0 Å². The predicted octanol–water partition coefficient (Wildman–Crippen LogP) is 8.52. The predicted molar refractivity (Wildman–Crippen MR) is 119 cm³/mol. The van der Waals surface area contributed by atoms with Crippen LogP contribution in [0, 0.1) is 5.41 Å². The molecule has 0 aliphatic carbocycles. The van der Waals surface area contributed by atoms with E-state index in [2.05, 4.69) is 6.92 Å². The molecule has 0 spiro atoms. The Morgan fingerprint density at radius 2 is 0.692 bits per heavy atom. The maximum atomic E-state index is 7.19. The van der Waals surface area contributed by atoms with E-state index < -0.39 is 0 Å². The van der Waals surface area contributed by atoms with Crippen molar-refractivity contribution in [3.05, 3.63) is 0 Å². The van der Waals surface area contributed by atoms with Crippen molar-refractivity contribution in [2.24, 2.45) is 5.73 Å². The van der Waals surface area contributed by atoms with Crippen molar-refractivity contribution >= 4 is 5.84 Å². The monoisotopic (exact) mass is 366 g/mol. The van der Waals surface area contributed by atoms with Gasteiger partial charge in [0, 0.05) is 6.42 Å². The second-order valence-corrected chi connectivity index (χ2v) is 8.35. The van der Waals surface area contributed by atoms with E-state index in [-0.39, 0.29) is 0 Å². The van der Waals surface area contributed by atoms with Crippen LogP contribution < -0.4 is 5.73 Å². The molecule has 26 heavy (non-hydrogen) atoms. The molecule has 3 N–H and O–H groups in total. The molecule has 0 bridgehead atoms. The number of nitrogens with one attached hydrogen (secondary N) is 1. The van der Waals surface area contributed by atoms with E-state index in [0.717, 1.165) is 12.8 Å². The lowest BCUT2D eigenvalue weighted by Gasteiger charge is -2.04. The molecule has 0 unspecified atom stereocenters. The zero-order valence-corrected chi connectivity index (χ0v) is 18.1. The van der Waals surface area contributed by atoms with Crippen molar-refractivity contribution < 1.29 is 0 Å². The first-order chi connectivity index (χ1) is 12.8. The highest BCUT2D eigenvalue weighted by molar-refractivity contribution is 5.76. The van der Waals surface area contributed by atoms with Gasteiger partial charge in [-0.1, -0.05) is 135 Å². The Labute approximate surface area is 165 Å². The summed E-state index contributed by atoms with van der Waals surface area (Å²) in [5.74, 6) is 0.350. The molecule has 0 aliphatic heterocycles. The highest BCUT2D eigenvalue weighted by Crippen LogP contribution is 2.15. The molecule has 0 aromatic heterocycles. The summed E-state index contributed by atoms with van der Waals surface area (Å²) in [6.07, 6.45) is 30.5. The quantitative estimate of drug-likeness (QED) is 0.112. The molecule has 0 heterocycles. The molecular weight excluding hydrogens is 316 g/mol. The lowest BCUT2D eigenvalue weighted by molar-refractivity contribution is 0.521. The largest absolute Gasteiger partial charge is 0.388 e. The van der Waals surface area contributed by atoms with Crippen molar-refractivity contribution in [3.8, 4) is 0 Å². The number of unbranched alkanes of at least 4 members (excludes halogenated alkanes) is 20. The van der Waals surface area contributed by atoms with Crippen molar-refractivity contribution in [2.45, 2.75) is 148 Å². The Hall–Kier alpha value is -0.530. The van der Waals surface area contributed by atoms with Crippen LogP contribution in [0.25, 0.3) is 0 Å². The van der Waals surface area contributed by atoms with E-state index in [9.17, 15) is 0 Å². The summed E-state index contributed by atoms with van der Waals surface area (Å²) in [6, 6.07) is 0. The van der Waals surface area contributed by atoms with E-state index in [4.69, 9.17) is 11.1 Å². The Balaban J connectivity index is 2.98. The molecule has 156 valence electrons. The van der Waals surface area contributed by atoms with Crippen LogP contribution in [-0.2, 0) is 0 Å². The minimum absolute atomic E-state index is 0.350. The molecule has 0 radical (unpaired) electrons. The first kappa shape index (κ1) is 25.5. The van der Waals surface area contributed by atoms with Gasteiger partial charge in [0.1, 0.15) is 0 Å². The lowest BCUT2D eigenvalue weighted by Crippen LogP contribution is -2.08. The van der Waals surface area contributed by atoms with E-state index >= 15 is 0 Å². The smallest absolute Gasteiger partial charge is 0.0905 e. The maximum absolute atomic E-state index is 7.19. The first-order valence-electron chi connectivity index (χ1n) is 12.1. The maximum Gasteiger partial charge on any atom is 0.0905 e. The van der Waals surface area contributed by atoms with Crippen molar-refractivity contribution in [3.63, 3.8) is 0 Å². The van der Waals surface area contributed by atoms with Gasteiger partial charge in [0.25, 0.3) is 0 Å². The molecule has 0 aromatic rings. The number of hydrogen-bond acceptors (Lipinski definition) is 1. The second-order valence-electron chi connectivity index (χ2n) is 8.35. The summed E-state index contributed by atoms with van der Waals surface area (Å²) < 4.78 is 0. The van der Waals surface area contributed by atoms with Crippen LogP contribution in [0.4, 0.5) is 0 Å². The molecule has 2 heteroatoms. The van der Waals surface area contributed by atoms with Crippen molar-refractivity contribution in [1.82, 2.24) is 0 Å². The van der Waals surface area contributed by atoms with Gasteiger partial charge >= 0.3 is 0 Å². The fourth-order valence-corrected chi connectivity index (χ4v) is 3.75. The minimum Gasteiger partial charge on any atom is -0.388 e. The van der Waals surface area contributed by atoms with Crippen molar-refractivity contribution in [2.75, 3.05) is 0 Å². The molecule has 0 saturated carbocycles. The van der Waals surface area contributed by atoms with E-state index in [0.29, 0.717) is 5.84 Å². The van der Waals surface area contributed by atoms with Gasteiger partial charge in [0.05, 0.1) is 5.84 Å². The molecule has 0 saturated heterocycles. The summed E-state index contributed by atoms with van der Waals surface area (Å²) >= 11 is 0. The van der Waals surface area contributed by atoms with Crippen LogP contribution >= 0.6 is 0 Å². The topological polar surface area (TPSA) is 49.9 Å². The van der Waals surface area contributed by atoms with E-state index in [1.807, 2.05) is 0 Å². The Kier molecular flexibility index (Phi) is 22.1. The van der Waals surface area contributed by atoms with Crippen LogP contribution in [0.2, 0.25) is 0 Å². The fourth-order valence-electron chi connectivity index (χ4n) is 3.75. The molecule has 0 rings (SSSR count). The molecule has 0 aromatic carbocycles. The van der Waals surface area contributed by atoms with E-state index in [1.54, 1.807) is 0 Å². The third-order valence-electron chi connectivity index (χ3n) is 5.55. The SMILES string of the molecule is CCCCCCCCCCCCCCCCCCCCCCCC(=N)N. The van der Waals surface area contributed by atoms with Gasteiger partial charge in [-0.25, -0.2) is 0 Å². The van der Waals surface area contributed by atoms with Gasteiger partial charge in [0.15, 0.2) is 0 Å². The van der Waals surface area contributed by atoms with Crippen molar-refractivity contribution in [1.29, 1.82) is 5.41 Å². The number of rotatable bonds is 22. The summed E-state index contributed by atoms with van der Waals surface area (Å²) in [7, 11) is 0. The Bertz CT molecular complexity index is 275. The zero-order chi connectivity index (χ0) is 19.1. The highest BCUT2D eigenvalue weighted by Gasteiger charge is 1.96. The summed E-state index contributed by atoms with van der Waals surface area (Å²) in [6.45, 7) is 2.29. The van der Waals surface area contributed by atoms with Crippen LogP contribution in [0.1, 0.15) is 148 Å². The number of nitrogens with two attached hydrogens (primary N) is 1. The van der Waals surface area contributed by atoms with Crippen LogP contribution in [-0.4, -0.2) is 5.84 Å². The Morgan fingerprint density at radius 3 is 0.923 bits per heavy atom. The number of amidine groups is 1. The van der Waals surface area contributed by atoms with Gasteiger partial charge in [-0.2, -0.15) is 0 Å². The molecule has 0 fully saturated rings. The summed E-state index contributed by atoms with van der Waals surface area (Å²) in [5, 5.41) is 7.19. The first-order valence-corrected chi connectivity index (χ1v) is 12.1. The fraction of sp³-hybridized carbons (Fsp3) is 0.958. The highest BCUT2D eigenvalue weighted by atomic mass is 14.7. The minimum atomic E-state index is 0.350. The average Bonchev–Trinajstić information content (AvgIpc) is 2.62. The van der Waals surface area contributed by atoms with E-state index in [1.165, 1.54) is 128 Å². The van der Waals surface area contributed by atoms with Crippen LogP contribution in [0.5, 0.6) is 0 Å². The summed E-state index contributed by atoms with van der Waals surface area (Å²) in [5.41, 5.74) is 5.36. The lowest BCUT2D eigenvalue weighted by atomic mass is 10.0. The second kappa shape index (κ2) is 22.5. The molecule has 2 nitrogen and oxygen atoms in total. The third kappa shape index (κ3) is 23.5. The standard InChI is InChI=1S/C24H50N2/c1-2-3-4-5-6-7-8-9-10-11-12-13-14-15-16-17-18-19-20-21-22-23-24(25)26/h2-23H2,1H3,(H3,25,26). The Morgan fingerprint density at radius 1 is 0.462 bits per heavy atom. The zero-order valence-electron chi connectivity index (χ0n) is 18.1. The van der Waals surface area contributed by atoms with Gasteiger partial charge in [-0.05, 0) is 6.42 Å². The third-order valence-corrected chi connectivity index (χ3v) is 5.55. The molecule has 0 atom stereocenters. The molecule has 0 aliphatic rings. The van der Waals surface area contributed by atoms with Crippen LogP contribution in [0.15, 0.2) is 0 Å². The molecule has 0 amide bonds. The summed E-state index contributed by atoms with van der Waals surface area (Å²) in [4.78, 5) is 0. The number of hydrogen-bond donors (Lipinski definition) is 2. The average molecular weight is 367 g/mol.